The highest BCUT2D eigenvalue weighted by Crippen LogP contribution is 2.26. The van der Waals surface area contributed by atoms with Crippen LogP contribution in [0.3, 0.4) is 0 Å². The number of halogens is 1. The van der Waals surface area contributed by atoms with Gasteiger partial charge in [0.1, 0.15) is 11.5 Å². The Morgan fingerprint density at radius 2 is 1.83 bits per heavy atom. The molecule has 0 aliphatic heterocycles. The van der Waals surface area contributed by atoms with Gasteiger partial charge in [0, 0.05) is 51.8 Å². The van der Waals surface area contributed by atoms with Crippen LogP contribution in [-0.2, 0) is 11.3 Å². The Morgan fingerprint density at radius 1 is 1.13 bits per heavy atom. The Kier molecular flexibility index (Phi) is 12.6. The summed E-state index contributed by atoms with van der Waals surface area (Å²) in [6, 6.07) is 5.79. The third-order valence-corrected chi connectivity index (χ3v) is 5.40. The van der Waals surface area contributed by atoms with E-state index in [4.69, 9.17) is 9.47 Å². The zero-order valence-corrected chi connectivity index (χ0v) is 21.0. The Bertz CT molecular complexity index is 678. The molecule has 1 saturated carbocycles. The Labute approximate surface area is 198 Å². The van der Waals surface area contributed by atoms with Gasteiger partial charge in [-0.25, -0.2) is 0 Å². The lowest BCUT2D eigenvalue weighted by molar-refractivity contribution is -0.122. The van der Waals surface area contributed by atoms with Gasteiger partial charge in [0.2, 0.25) is 5.91 Å². The number of rotatable bonds is 9. The molecular weight excluding hydrogens is 495 g/mol. The third kappa shape index (κ3) is 8.57. The summed E-state index contributed by atoms with van der Waals surface area (Å²) in [7, 11) is 7.02. The van der Waals surface area contributed by atoms with Crippen LogP contribution in [0.25, 0.3) is 0 Å². The lowest BCUT2D eigenvalue weighted by Gasteiger charge is -2.23. The molecule has 1 fully saturated rings. The molecule has 1 aliphatic carbocycles. The second-order valence-corrected chi connectivity index (χ2v) is 7.57. The van der Waals surface area contributed by atoms with E-state index in [9.17, 15) is 4.79 Å². The van der Waals surface area contributed by atoms with E-state index in [1.807, 2.05) is 30.1 Å². The number of methoxy groups -OCH3 is 2. The summed E-state index contributed by atoms with van der Waals surface area (Å²) in [6.07, 6.45) is 6.89. The molecule has 0 aromatic heterocycles. The average Bonchev–Trinajstić information content (AvgIpc) is 2.74. The number of amides is 1. The van der Waals surface area contributed by atoms with Crippen LogP contribution in [0.5, 0.6) is 11.5 Å². The van der Waals surface area contributed by atoms with Crippen LogP contribution in [0.15, 0.2) is 23.2 Å². The lowest BCUT2D eigenvalue weighted by Crippen LogP contribution is -2.42. The summed E-state index contributed by atoms with van der Waals surface area (Å²) < 4.78 is 10.7. The molecule has 1 amide bonds. The van der Waals surface area contributed by atoms with E-state index < -0.39 is 0 Å². The van der Waals surface area contributed by atoms with Gasteiger partial charge in [-0.3, -0.25) is 9.79 Å². The first-order valence-electron chi connectivity index (χ1n) is 10.5. The van der Waals surface area contributed by atoms with Crippen LogP contribution in [0.1, 0.15) is 44.1 Å². The van der Waals surface area contributed by atoms with Crippen molar-refractivity contribution in [3.63, 3.8) is 0 Å². The summed E-state index contributed by atoms with van der Waals surface area (Å²) in [6.45, 7) is 1.86. The van der Waals surface area contributed by atoms with Crippen molar-refractivity contribution in [2.24, 2.45) is 10.9 Å². The zero-order valence-electron chi connectivity index (χ0n) is 18.7. The van der Waals surface area contributed by atoms with Gasteiger partial charge in [-0.05, 0) is 30.9 Å². The minimum Gasteiger partial charge on any atom is -0.497 e. The molecule has 2 rings (SSSR count). The maximum absolute atomic E-state index is 12.1. The molecule has 30 heavy (non-hydrogen) atoms. The van der Waals surface area contributed by atoms with E-state index in [2.05, 4.69) is 15.6 Å². The first kappa shape index (κ1) is 26.3. The third-order valence-electron chi connectivity index (χ3n) is 5.40. The Hall–Kier alpha value is -1.71. The van der Waals surface area contributed by atoms with E-state index in [0.717, 1.165) is 23.0 Å². The van der Waals surface area contributed by atoms with Crippen LogP contribution in [0, 0.1) is 5.92 Å². The van der Waals surface area contributed by atoms with Gasteiger partial charge in [0.25, 0.3) is 0 Å². The minimum absolute atomic E-state index is 0. The van der Waals surface area contributed by atoms with Crippen molar-refractivity contribution in [1.82, 2.24) is 15.5 Å². The quantitative estimate of drug-likeness (QED) is 0.221. The molecule has 2 N–H and O–H groups in total. The second-order valence-electron chi connectivity index (χ2n) is 7.57. The van der Waals surface area contributed by atoms with Crippen molar-refractivity contribution < 1.29 is 14.3 Å². The van der Waals surface area contributed by atoms with Crippen molar-refractivity contribution in [1.29, 1.82) is 0 Å². The van der Waals surface area contributed by atoms with Gasteiger partial charge < -0.3 is 25.0 Å². The van der Waals surface area contributed by atoms with Crippen LogP contribution in [0.2, 0.25) is 0 Å². The van der Waals surface area contributed by atoms with Crippen molar-refractivity contribution in [2.45, 2.75) is 45.1 Å². The van der Waals surface area contributed by atoms with Gasteiger partial charge in [-0.1, -0.05) is 19.3 Å². The topological polar surface area (TPSA) is 75.2 Å². The number of hydrogen-bond acceptors (Lipinski definition) is 4. The smallest absolute Gasteiger partial charge is 0.220 e. The number of nitrogens with one attached hydrogen (secondary N) is 2. The first-order valence-corrected chi connectivity index (χ1v) is 10.5. The number of ether oxygens (including phenoxy) is 2. The largest absolute Gasteiger partial charge is 0.497 e. The number of guanidine groups is 1. The monoisotopic (exact) mass is 532 g/mol. The number of aliphatic imine (C=N–C) groups is 1. The van der Waals surface area contributed by atoms with Crippen LogP contribution in [-0.4, -0.2) is 58.2 Å². The molecule has 0 unspecified atom stereocenters. The first-order chi connectivity index (χ1) is 14.1. The summed E-state index contributed by atoms with van der Waals surface area (Å²) in [5.41, 5.74) is 1.04. The fourth-order valence-electron chi connectivity index (χ4n) is 3.80. The molecule has 1 aromatic rings. The number of nitrogens with zero attached hydrogens (tertiary/aromatic N) is 2. The van der Waals surface area contributed by atoms with Crippen molar-refractivity contribution in [3.05, 3.63) is 23.8 Å². The number of hydrogen-bond donors (Lipinski definition) is 2. The molecule has 170 valence electrons. The molecule has 1 aromatic carbocycles. The summed E-state index contributed by atoms with van der Waals surface area (Å²) in [4.78, 5) is 18.5. The maximum atomic E-state index is 12.1. The van der Waals surface area contributed by atoms with E-state index >= 15 is 0 Å². The summed E-state index contributed by atoms with van der Waals surface area (Å²) in [5.74, 6) is 3.03. The van der Waals surface area contributed by atoms with E-state index in [1.165, 1.54) is 32.1 Å². The maximum Gasteiger partial charge on any atom is 0.220 e. The molecule has 1 aliphatic rings. The van der Waals surface area contributed by atoms with E-state index in [-0.39, 0.29) is 29.9 Å². The molecule has 0 bridgehead atoms. The molecule has 8 heteroatoms. The van der Waals surface area contributed by atoms with Gasteiger partial charge in [-0.2, -0.15) is 0 Å². The van der Waals surface area contributed by atoms with Gasteiger partial charge in [0.05, 0.1) is 14.2 Å². The van der Waals surface area contributed by atoms with Gasteiger partial charge in [-0.15, -0.1) is 24.0 Å². The summed E-state index contributed by atoms with van der Waals surface area (Å²) in [5, 5.41) is 6.32. The van der Waals surface area contributed by atoms with Gasteiger partial charge in [0.15, 0.2) is 5.96 Å². The van der Waals surface area contributed by atoms with Crippen molar-refractivity contribution in [3.8, 4) is 11.5 Å². The Morgan fingerprint density at radius 3 is 2.47 bits per heavy atom. The second kappa shape index (κ2) is 14.3. The predicted octanol–water partition coefficient (Wildman–Crippen LogP) is 3.42. The minimum atomic E-state index is 0. The fraction of sp³-hybridized carbons (Fsp3) is 0.636. The number of benzene rings is 1. The molecule has 0 radical (unpaired) electrons. The number of carbonyl (C=O) groups excluding carboxylic acids is 1. The predicted molar refractivity (Wildman–Crippen MR) is 132 cm³/mol. The summed E-state index contributed by atoms with van der Waals surface area (Å²) >= 11 is 0. The van der Waals surface area contributed by atoms with E-state index in [1.54, 1.807) is 21.3 Å². The zero-order chi connectivity index (χ0) is 21.1. The van der Waals surface area contributed by atoms with E-state index in [0.29, 0.717) is 32.0 Å². The highest BCUT2D eigenvalue weighted by atomic mass is 127. The van der Waals surface area contributed by atoms with Crippen molar-refractivity contribution in [2.75, 3.05) is 41.4 Å². The molecular formula is C22H37IN4O3. The van der Waals surface area contributed by atoms with Gasteiger partial charge >= 0.3 is 0 Å². The van der Waals surface area contributed by atoms with Crippen molar-refractivity contribution >= 4 is 35.8 Å². The number of carbonyl (C=O) groups is 1. The standard InChI is InChI=1S/C22H36N4O3.HI/c1-23-22(25-13-12-24-21(27)14-17-8-6-5-7-9-17)26(2)16-18-10-11-19(28-3)15-20(18)29-4;/h10-11,15,17H,5-9,12-14,16H2,1-4H3,(H,23,25)(H,24,27);1H. The van der Waals surface area contributed by atoms with Crippen LogP contribution >= 0.6 is 24.0 Å². The molecule has 0 saturated heterocycles. The molecule has 0 heterocycles. The SMILES string of the molecule is CN=C(NCCNC(=O)CC1CCCCC1)N(C)Cc1ccc(OC)cc1OC.I. The average molecular weight is 532 g/mol. The van der Waals surface area contributed by atoms with Crippen LogP contribution in [0.4, 0.5) is 0 Å². The molecule has 7 nitrogen and oxygen atoms in total. The Balaban J connectivity index is 0.00000450. The lowest BCUT2D eigenvalue weighted by atomic mass is 9.87. The normalized spacial score (nSPS) is 14.5. The highest BCUT2D eigenvalue weighted by Gasteiger charge is 2.17. The molecule has 0 spiro atoms. The van der Waals surface area contributed by atoms with Crippen LogP contribution < -0.4 is 20.1 Å². The highest BCUT2D eigenvalue weighted by molar-refractivity contribution is 14.0. The fourth-order valence-corrected chi connectivity index (χ4v) is 3.80. The molecule has 0 atom stereocenters.